The number of piperazine rings is 1. The third kappa shape index (κ3) is 3.82. The predicted octanol–water partition coefficient (Wildman–Crippen LogP) is 2.96. The number of halogens is 3. The molecule has 3 heterocycles. The number of nitrogens with zero attached hydrogens (tertiary/aromatic N) is 4. The van der Waals surface area contributed by atoms with Crippen LogP contribution in [0, 0.1) is 11.3 Å². The number of imide groups is 1. The number of likely N-dealkylation sites (tertiary alicyclic amines) is 1. The molecule has 0 N–H and O–H groups in total. The first-order chi connectivity index (χ1) is 17.6. The summed E-state index contributed by atoms with van der Waals surface area (Å²) in [5.74, 6) is 0.0470. The number of hydrogen-bond donors (Lipinski definition) is 0. The summed E-state index contributed by atoms with van der Waals surface area (Å²) in [6.45, 7) is 0.224. The first-order valence-electron chi connectivity index (χ1n) is 11.4. The Kier molecular flexibility index (Phi) is 5.73. The second-order valence-electron chi connectivity index (χ2n) is 9.02. The van der Waals surface area contributed by atoms with Gasteiger partial charge in [-0.1, -0.05) is 6.07 Å². The van der Waals surface area contributed by atoms with Gasteiger partial charge in [0.1, 0.15) is 6.04 Å². The molecule has 12 heteroatoms. The van der Waals surface area contributed by atoms with Crippen LogP contribution >= 0.6 is 0 Å². The van der Waals surface area contributed by atoms with Gasteiger partial charge >= 0.3 is 12.2 Å². The lowest BCUT2D eigenvalue weighted by Crippen LogP contribution is -2.55. The molecule has 37 heavy (non-hydrogen) atoms. The van der Waals surface area contributed by atoms with Crippen molar-refractivity contribution in [1.29, 1.82) is 5.26 Å². The molecule has 0 spiro atoms. The molecule has 192 valence electrons. The lowest BCUT2D eigenvalue weighted by atomic mass is 10.0. The molecule has 0 aromatic heterocycles. The highest BCUT2D eigenvalue weighted by molar-refractivity contribution is 6.22. The number of hydrogen-bond acceptors (Lipinski definition) is 6. The fourth-order valence-corrected chi connectivity index (χ4v) is 5.45. The van der Waals surface area contributed by atoms with E-state index in [1.807, 2.05) is 0 Å². The highest BCUT2D eigenvalue weighted by Gasteiger charge is 2.62. The van der Waals surface area contributed by atoms with Gasteiger partial charge in [-0.05, 0) is 42.3 Å². The standard InChI is InChI=1S/C25H21F3N4O5/c1-36-19-6-3-13(7-20(19)37-2)8-21(33)30-12-16-10-18(30)22-23(34)32(24(35)31(16)22)15-5-4-14(11-29)17(9-15)25(26,27)28/h3-7,9,16,18,22H,8,10,12H2,1-2H3/t16-,18?,22+/m1/s1. The molecule has 2 aromatic carbocycles. The van der Waals surface area contributed by atoms with Gasteiger partial charge < -0.3 is 19.3 Å². The van der Waals surface area contributed by atoms with Crippen LogP contribution in [0.15, 0.2) is 36.4 Å². The molecule has 2 bridgehead atoms. The first-order valence-corrected chi connectivity index (χ1v) is 11.4. The fraction of sp³-hybridized carbons (Fsp3) is 0.360. The van der Waals surface area contributed by atoms with E-state index in [4.69, 9.17) is 14.7 Å². The van der Waals surface area contributed by atoms with Crippen molar-refractivity contribution in [3.8, 4) is 17.6 Å². The number of carbonyl (C=O) groups is 3. The molecule has 3 saturated heterocycles. The number of fused-ring (bicyclic) bond motifs is 5. The van der Waals surface area contributed by atoms with Gasteiger partial charge in [0, 0.05) is 6.54 Å². The summed E-state index contributed by atoms with van der Waals surface area (Å²) in [6.07, 6.45) is -4.39. The van der Waals surface area contributed by atoms with Gasteiger partial charge in [-0.3, -0.25) is 9.59 Å². The van der Waals surface area contributed by atoms with E-state index in [-0.39, 0.29) is 24.6 Å². The molecular formula is C25H21F3N4O5. The Bertz CT molecular complexity index is 1350. The zero-order chi connectivity index (χ0) is 26.6. The second-order valence-corrected chi connectivity index (χ2v) is 9.02. The number of nitriles is 1. The Morgan fingerprint density at radius 2 is 1.84 bits per heavy atom. The summed E-state index contributed by atoms with van der Waals surface area (Å²) in [5, 5.41) is 9.04. The van der Waals surface area contributed by atoms with Crippen LogP contribution in [0.4, 0.5) is 23.7 Å². The number of carbonyl (C=O) groups excluding carboxylic acids is 3. The van der Waals surface area contributed by atoms with Gasteiger partial charge in [0.15, 0.2) is 11.5 Å². The van der Waals surface area contributed by atoms with Gasteiger partial charge in [0.25, 0.3) is 5.91 Å². The zero-order valence-electron chi connectivity index (χ0n) is 19.8. The Morgan fingerprint density at radius 3 is 2.49 bits per heavy atom. The minimum atomic E-state index is -4.84. The number of methoxy groups -OCH3 is 2. The Balaban J connectivity index is 1.38. The molecule has 2 aromatic rings. The van der Waals surface area contributed by atoms with Crippen molar-refractivity contribution in [1.82, 2.24) is 9.80 Å². The summed E-state index contributed by atoms with van der Waals surface area (Å²) < 4.78 is 50.9. The summed E-state index contributed by atoms with van der Waals surface area (Å²) >= 11 is 0. The van der Waals surface area contributed by atoms with Crippen molar-refractivity contribution < 1.29 is 37.0 Å². The van der Waals surface area contributed by atoms with Crippen molar-refractivity contribution in [2.24, 2.45) is 0 Å². The molecule has 3 aliphatic rings. The van der Waals surface area contributed by atoms with Crippen LogP contribution < -0.4 is 14.4 Å². The van der Waals surface area contributed by atoms with Crippen molar-refractivity contribution >= 4 is 23.5 Å². The number of urea groups is 1. The molecule has 0 radical (unpaired) electrons. The van der Waals surface area contributed by atoms with Crippen molar-refractivity contribution in [2.75, 3.05) is 25.7 Å². The van der Waals surface area contributed by atoms with Crippen molar-refractivity contribution in [3.05, 3.63) is 53.1 Å². The average molecular weight is 514 g/mol. The summed E-state index contributed by atoms with van der Waals surface area (Å²) in [5.41, 5.74) is -1.42. The molecule has 1 unspecified atom stereocenters. The second kappa shape index (κ2) is 8.69. The summed E-state index contributed by atoms with van der Waals surface area (Å²) in [7, 11) is 2.98. The third-order valence-electron chi connectivity index (χ3n) is 7.08. The number of amides is 4. The first kappa shape index (κ1) is 24.4. The fourth-order valence-electron chi connectivity index (χ4n) is 5.45. The maximum atomic E-state index is 13.5. The smallest absolute Gasteiger partial charge is 0.417 e. The molecule has 4 amide bonds. The van der Waals surface area contributed by atoms with Crippen molar-refractivity contribution in [3.63, 3.8) is 0 Å². The highest BCUT2D eigenvalue weighted by atomic mass is 19.4. The monoisotopic (exact) mass is 514 g/mol. The molecule has 0 aliphatic carbocycles. The Morgan fingerprint density at radius 1 is 1.11 bits per heavy atom. The van der Waals surface area contributed by atoms with E-state index in [1.165, 1.54) is 25.2 Å². The van der Waals surface area contributed by atoms with Crippen LogP contribution in [0.3, 0.4) is 0 Å². The molecular weight excluding hydrogens is 493 g/mol. The maximum Gasteiger partial charge on any atom is 0.417 e. The largest absolute Gasteiger partial charge is 0.493 e. The minimum Gasteiger partial charge on any atom is -0.493 e. The van der Waals surface area contributed by atoms with E-state index in [0.29, 0.717) is 34.4 Å². The van der Waals surface area contributed by atoms with Crippen LogP contribution in [0.25, 0.3) is 0 Å². The van der Waals surface area contributed by atoms with E-state index in [2.05, 4.69) is 0 Å². The lowest BCUT2D eigenvalue weighted by molar-refractivity contribution is -0.138. The molecule has 3 fully saturated rings. The van der Waals surface area contributed by atoms with Crippen molar-refractivity contribution in [2.45, 2.75) is 37.1 Å². The number of rotatable bonds is 5. The van der Waals surface area contributed by atoms with Crippen LogP contribution in [0.2, 0.25) is 0 Å². The quantitative estimate of drug-likeness (QED) is 0.569. The summed E-state index contributed by atoms with van der Waals surface area (Å²) in [4.78, 5) is 43.3. The van der Waals surface area contributed by atoms with Gasteiger partial charge in [-0.2, -0.15) is 18.4 Å². The molecule has 9 nitrogen and oxygen atoms in total. The van der Waals surface area contributed by atoms with E-state index in [0.717, 1.165) is 12.1 Å². The topological polar surface area (TPSA) is 103 Å². The van der Waals surface area contributed by atoms with Crippen LogP contribution in [0.5, 0.6) is 11.5 Å². The van der Waals surface area contributed by atoms with E-state index in [1.54, 1.807) is 23.1 Å². The predicted molar refractivity (Wildman–Crippen MR) is 122 cm³/mol. The van der Waals surface area contributed by atoms with Crippen LogP contribution in [-0.4, -0.2) is 66.5 Å². The molecule has 0 saturated carbocycles. The summed E-state index contributed by atoms with van der Waals surface area (Å²) in [6, 6.07) is 6.59. The third-order valence-corrected chi connectivity index (χ3v) is 7.08. The van der Waals surface area contributed by atoms with Gasteiger partial charge in [-0.15, -0.1) is 0 Å². The molecule has 3 atom stereocenters. The highest BCUT2D eigenvalue weighted by Crippen LogP contribution is 2.43. The average Bonchev–Trinajstić information content (AvgIpc) is 3.54. The SMILES string of the molecule is COc1ccc(CC(=O)N2C[C@H]3CC2[C@H]2C(=O)N(c4ccc(C#N)c(C(F)(F)F)c4)C(=O)N32)cc1OC. The van der Waals surface area contributed by atoms with E-state index < -0.39 is 47.4 Å². The maximum absolute atomic E-state index is 13.5. The van der Waals surface area contributed by atoms with E-state index in [9.17, 15) is 27.6 Å². The van der Waals surface area contributed by atoms with Crippen LogP contribution in [0.1, 0.15) is 23.1 Å². The van der Waals surface area contributed by atoms with Crippen LogP contribution in [-0.2, 0) is 22.2 Å². The van der Waals surface area contributed by atoms with Gasteiger partial charge in [0.2, 0.25) is 5.91 Å². The molecule has 5 rings (SSSR count). The number of anilines is 1. The Hall–Kier alpha value is -4.27. The zero-order valence-corrected chi connectivity index (χ0v) is 19.8. The number of alkyl halides is 3. The van der Waals surface area contributed by atoms with E-state index >= 15 is 0 Å². The minimum absolute atomic E-state index is 0.0344. The lowest BCUT2D eigenvalue weighted by Gasteiger charge is -2.35. The van der Waals surface area contributed by atoms with Gasteiger partial charge in [0.05, 0.1) is 55.6 Å². The normalized spacial score (nSPS) is 22.4. The number of benzene rings is 2. The van der Waals surface area contributed by atoms with Gasteiger partial charge in [-0.25, -0.2) is 9.69 Å². The Labute approximate surface area is 209 Å². The number of ether oxygens (including phenoxy) is 2. The molecule has 3 aliphatic heterocycles.